The largest absolute Gasteiger partial charge is 0.481 e. The van der Waals surface area contributed by atoms with Crippen molar-refractivity contribution in [2.24, 2.45) is 0 Å². The standard InChI is InChI=1S/C22H38O4/c1-20(13-7-3-4-9-17-22(24)25)15-10-11-16-21(2)14-8-5-6-12-18-26-19-23/h15-16,19H,3-14,17-18H2,1-2H3,(H,24,25)/b20-15+,21-16-. The van der Waals surface area contributed by atoms with Crippen molar-refractivity contribution < 1.29 is 19.4 Å². The molecule has 0 spiro atoms. The van der Waals surface area contributed by atoms with Crippen LogP contribution in [0.2, 0.25) is 0 Å². The lowest BCUT2D eigenvalue weighted by molar-refractivity contribution is -0.137. The molecule has 26 heavy (non-hydrogen) atoms. The quantitative estimate of drug-likeness (QED) is 0.178. The molecular weight excluding hydrogens is 328 g/mol. The molecule has 1 N–H and O–H groups in total. The van der Waals surface area contributed by atoms with E-state index in [2.05, 4.69) is 30.7 Å². The third-order valence-corrected chi connectivity index (χ3v) is 4.52. The second-order valence-corrected chi connectivity index (χ2v) is 7.12. The molecule has 0 aromatic heterocycles. The molecule has 0 atom stereocenters. The van der Waals surface area contributed by atoms with E-state index >= 15 is 0 Å². The predicted octanol–water partition coefficient (Wildman–Crippen LogP) is 6.21. The van der Waals surface area contributed by atoms with E-state index in [0.29, 0.717) is 19.5 Å². The molecule has 150 valence electrons. The Labute approximate surface area is 159 Å². The Balaban J connectivity index is 3.57. The van der Waals surface area contributed by atoms with E-state index in [-0.39, 0.29) is 0 Å². The average molecular weight is 367 g/mol. The number of hydrogen-bond donors (Lipinski definition) is 1. The van der Waals surface area contributed by atoms with Crippen LogP contribution >= 0.6 is 0 Å². The van der Waals surface area contributed by atoms with Gasteiger partial charge in [-0.15, -0.1) is 0 Å². The fourth-order valence-corrected chi connectivity index (χ4v) is 2.89. The highest BCUT2D eigenvalue weighted by Gasteiger charge is 1.97. The number of carbonyl (C=O) groups excluding carboxylic acids is 1. The summed E-state index contributed by atoms with van der Waals surface area (Å²) in [6, 6.07) is 0. The van der Waals surface area contributed by atoms with Crippen molar-refractivity contribution in [1.82, 2.24) is 0 Å². The summed E-state index contributed by atoms with van der Waals surface area (Å²) in [6.07, 6.45) is 18.1. The molecule has 0 amide bonds. The molecule has 0 heterocycles. The number of rotatable bonds is 18. The summed E-state index contributed by atoms with van der Waals surface area (Å²) in [4.78, 5) is 20.4. The van der Waals surface area contributed by atoms with Crippen LogP contribution in [-0.2, 0) is 14.3 Å². The normalized spacial score (nSPS) is 12.2. The van der Waals surface area contributed by atoms with E-state index in [1.54, 1.807) is 0 Å². The smallest absolute Gasteiger partial charge is 0.303 e. The first kappa shape index (κ1) is 24.4. The molecule has 0 saturated heterocycles. The third-order valence-electron chi connectivity index (χ3n) is 4.52. The minimum atomic E-state index is -0.686. The lowest BCUT2D eigenvalue weighted by Gasteiger charge is -2.03. The molecule has 4 heteroatoms. The molecule has 0 fully saturated rings. The van der Waals surface area contributed by atoms with Crippen molar-refractivity contribution in [3.63, 3.8) is 0 Å². The zero-order chi connectivity index (χ0) is 19.5. The Kier molecular flexibility index (Phi) is 17.1. The maximum atomic E-state index is 10.4. The van der Waals surface area contributed by atoms with Gasteiger partial charge in [-0.25, -0.2) is 0 Å². The van der Waals surface area contributed by atoms with Crippen molar-refractivity contribution in [1.29, 1.82) is 0 Å². The van der Waals surface area contributed by atoms with Crippen molar-refractivity contribution in [3.05, 3.63) is 23.3 Å². The number of carbonyl (C=O) groups is 2. The monoisotopic (exact) mass is 366 g/mol. The second kappa shape index (κ2) is 18.2. The highest BCUT2D eigenvalue weighted by Crippen LogP contribution is 2.14. The third kappa shape index (κ3) is 18.8. The van der Waals surface area contributed by atoms with Gasteiger partial charge in [-0.2, -0.15) is 0 Å². The maximum Gasteiger partial charge on any atom is 0.303 e. The van der Waals surface area contributed by atoms with Crippen molar-refractivity contribution in [2.75, 3.05) is 6.61 Å². The molecule has 0 saturated carbocycles. The van der Waals surface area contributed by atoms with E-state index in [9.17, 15) is 9.59 Å². The van der Waals surface area contributed by atoms with Crippen molar-refractivity contribution in [2.45, 2.75) is 97.3 Å². The Morgan fingerprint density at radius 2 is 1.23 bits per heavy atom. The molecular formula is C22H38O4. The van der Waals surface area contributed by atoms with Gasteiger partial charge in [0.2, 0.25) is 0 Å². The molecule has 0 radical (unpaired) electrons. The van der Waals surface area contributed by atoms with Crippen LogP contribution in [-0.4, -0.2) is 24.2 Å². The first-order chi connectivity index (χ1) is 12.6. The summed E-state index contributed by atoms with van der Waals surface area (Å²) < 4.78 is 4.68. The number of carboxylic acids is 1. The minimum absolute atomic E-state index is 0.301. The van der Waals surface area contributed by atoms with Crippen LogP contribution in [0.25, 0.3) is 0 Å². The number of aliphatic carboxylic acids is 1. The van der Waals surface area contributed by atoms with Crippen LogP contribution in [0, 0.1) is 0 Å². The molecule has 4 nitrogen and oxygen atoms in total. The Hall–Kier alpha value is -1.58. The van der Waals surface area contributed by atoms with E-state index in [0.717, 1.165) is 64.2 Å². The highest BCUT2D eigenvalue weighted by atomic mass is 16.5. The number of allylic oxidation sites excluding steroid dienone is 4. The van der Waals surface area contributed by atoms with Crippen LogP contribution in [0.3, 0.4) is 0 Å². The Morgan fingerprint density at radius 3 is 1.69 bits per heavy atom. The number of ether oxygens (including phenoxy) is 1. The van der Waals surface area contributed by atoms with Gasteiger partial charge in [0.25, 0.3) is 6.47 Å². The molecule has 0 aliphatic heterocycles. The van der Waals surface area contributed by atoms with E-state index in [1.165, 1.54) is 24.0 Å². The van der Waals surface area contributed by atoms with Crippen LogP contribution < -0.4 is 0 Å². The van der Waals surface area contributed by atoms with Gasteiger partial charge < -0.3 is 9.84 Å². The zero-order valence-electron chi connectivity index (χ0n) is 16.8. The average Bonchev–Trinajstić information content (AvgIpc) is 2.60. The fourth-order valence-electron chi connectivity index (χ4n) is 2.89. The molecule has 0 aliphatic rings. The molecule has 0 aromatic rings. The summed E-state index contributed by atoms with van der Waals surface area (Å²) in [5.74, 6) is -0.686. The summed E-state index contributed by atoms with van der Waals surface area (Å²) >= 11 is 0. The van der Waals surface area contributed by atoms with Crippen LogP contribution in [0.1, 0.15) is 97.3 Å². The summed E-state index contributed by atoms with van der Waals surface area (Å²) in [5, 5.41) is 8.59. The summed E-state index contributed by atoms with van der Waals surface area (Å²) in [6.45, 7) is 5.48. The number of carboxylic acid groups (broad SMARTS) is 1. The summed E-state index contributed by atoms with van der Waals surface area (Å²) in [5.41, 5.74) is 2.92. The summed E-state index contributed by atoms with van der Waals surface area (Å²) in [7, 11) is 0. The topological polar surface area (TPSA) is 63.6 Å². The zero-order valence-corrected chi connectivity index (χ0v) is 16.8. The Morgan fingerprint density at radius 1 is 0.769 bits per heavy atom. The van der Waals surface area contributed by atoms with Crippen LogP contribution in [0.5, 0.6) is 0 Å². The van der Waals surface area contributed by atoms with Gasteiger partial charge in [0.05, 0.1) is 6.61 Å². The van der Waals surface area contributed by atoms with E-state index in [1.807, 2.05) is 0 Å². The van der Waals surface area contributed by atoms with Gasteiger partial charge in [-0.05, 0) is 65.2 Å². The lowest BCUT2D eigenvalue weighted by atomic mass is 10.0. The van der Waals surface area contributed by atoms with Crippen LogP contribution in [0.15, 0.2) is 23.3 Å². The minimum Gasteiger partial charge on any atom is -0.481 e. The molecule has 0 bridgehead atoms. The van der Waals surface area contributed by atoms with E-state index < -0.39 is 5.97 Å². The maximum absolute atomic E-state index is 10.4. The van der Waals surface area contributed by atoms with Gasteiger partial charge in [-0.3, -0.25) is 9.59 Å². The van der Waals surface area contributed by atoms with Gasteiger partial charge in [-0.1, -0.05) is 49.0 Å². The van der Waals surface area contributed by atoms with Gasteiger partial charge in [0, 0.05) is 6.42 Å². The highest BCUT2D eigenvalue weighted by molar-refractivity contribution is 5.66. The van der Waals surface area contributed by atoms with Gasteiger partial charge in [0.1, 0.15) is 0 Å². The number of unbranched alkanes of at least 4 members (excludes halogenated alkanes) is 7. The lowest BCUT2D eigenvalue weighted by Crippen LogP contribution is -1.93. The van der Waals surface area contributed by atoms with Crippen molar-refractivity contribution >= 4 is 12.4 Å². The fraction of sp³-hybridized carbons (Fsp3) is 0.727. The van der Waals surface area contributed by atoms with E-state index in [4.69, 9.17) is 5.11 Å². The van der Waals surface area contributed by atoms with Crippen molar-refractivity contribution in [3.8, 4) is 0 Å². The Bertz CT molecular complexity index is 424. The molecule has 0 rings (SSSR count). The van der Waals surface area contributed by atoms with Gasteiger partial charge >= 0.3 is 5.97 Å². The van der Waals surface area contributed by atoms with Gasteiger partial charge in [0.15, 0.2) is 0 Å². The molecule has 0 aromatic carbocycles. The molecule has 0 aliphatic carbocycles. The first-order valence-electron chi connectivity index (χ1n) is 10.1. The predicted molar refractivity (Wildman–Crippen MR) is 107 cm³/mol. The van der Waals surface area contributed by atoms with Crippen LogP contribution in [0.4, 0.5) is 0 Å². The second-order valence-electron chi connectivity index (χ2n) is 7.12. The SMILES string of the molecule is C/C(=C/CC/C=C(\C)CCCCCCC(=O)O)CCCCCCOC=O. The molecule has 0 unspecified atom stereocenters. The first-order valence-corrected chi connectivity index (χ1v) is 10.1. The number of hydrogen-bond acceptors (Lipinski definition) is 3.